The summed E-state index contributed by atoms with van der Waals surface area (Å²) in [4.78, 5) is 29.8. The molecule has 1 aliphatic carbocycles. The molecule has 1 aromatic heterocycles. The Bertz CT molecular complexity index is 1120. The maximum atomic E-state index is 12.9. The first-order valence-corrected chi connectivity index (χ1v) is 10.5. The molecule has 1 saturated carbocycles. The number of hydrogen-bond acceptors (Lipinski definition) is 5. The van der Waals surface area contributed by atoms with Crippen LogP contribution in [0.5, 0.6) is 0 Å². The van der Waals surface area contributed by atoms with Gasteiger partial charge in [0.1, 0.15) is 5.82 Å². The molecule has 170 valence electrons. The Balaban J connectivity index is 1.95. The van der Waals surface area contributed by atoms with Crippen molar-refractivity contribution in [1.82, 2.24) is 9.55 Å². The van der Waals surface area contributed by atoms with Gasteiger partial charge in [-0.05, 0) is 37.5 Å². The van der Waals surface area contributed by atoms with Crippen molar-refractivity contribution in [2.24, 2.45) is 5.41 Å². The van der Waals surface area contributed by atoms with E-state index in [2.05, 4.69) is 16.4 Å². The fourth-order valence-electron chi connectivity index (χ4n) is 3.53. The van der Waals surface area contributed by atoms with E-state index in [4.69, 9.17) is 11.6 Å². The number of hydrogen-bond donors (Lipinski definition) is 1. The van der Waals surface area contributed by atoms with Crippen molar-refractivity contribution in [1.29, 1.82) is 5.26 Å². The highest BCUT2D eigenvalue weighted by molar-refractivity contribution is 6.31. The minimum absolute atomic E-state index is 0.0147. The number of halogens is 4. The minimum Gasteiger partial charge on any atom is -0.388 e. The van der Waals surface area contributed by atoms with Gasteiger partial charge in [0.2, 0.25) is 0 Å². The van der Waals surface area contributed by atoms with E-state index >= 15 is 0 Å². The lowest BCUT2D eigenvalue weighted by molar-refractivity contribution is -0.135. The number of anilines is 1. The third-order valence-electron chi connectivity index (χ3n) is 5.44. The molecule has 0 unspecified atom stereocenters. The van der Waals surface area contributed by atoms with Gasteiger partial charge in [-0.15, -0.1) is 0 Å². The molecule has 1 fully saturated rings. The molecule has 0 aliphatic heterocycles. The van der Waals surface area contributed by atoms with Crippen LogP contribution in [0.25, 0.3) is 11.3 Å². The zero-order valence-electron chi connectivity index (χ0n) is 17.4. The maximum absolute atomic E-state index is 12.9. The smallest absolute Gasteiger partial charge is 0.388 e. The summed E-state index contributed by atoms with van der Waals surface area (Å²) in [6, 6.07) is 8.31. The van der Waals surface area contributed by atoms with Crippen LogP contribution < -0.4 is 10.9 Å². The molecule has 32 heavy (non-hydrogen) atoms. The number of rotatable bonds is 9. The van der Waals surface area contributed by atoms with Crippen molar-refractivity contribution in [3.8, 4) is 17.3 Å². The summed E-state index contributed by atoms with van der Waals surface area (Å²) in [6.45, 7) is -0.323. The largest absolute Gasteiger partial charge is 0.389 e. The van der Waals surface area contributed by atoms with Gasteiger partial charge in [-0.25, -0.2) is 4.98 Å². The first kappa shape index (κ1) is 23.8. The summed E-state index contributed by atoms with van der Waals surface area (Å²) in [7, 11) is 1.67. The van der Waals surface area contributed by atoms with Crippen LogP contribution in [0.4, 0.5) is 18.9 Å². The van der Waals surface area contributed by atoms with Crippen LogP contribution in [0.3, 0.4) is 0 Å². The molecule has 2 aromatic rings. The number of ketones is 1. The SMILES string of the molecule is CNc1cc(Cl)ccc1-c1cc(=O)n(CC(=O)CC2(C#N)CC2)c(CCCC(F)(F)F)n1. The third kappa shape index (κ3) is 5.88. The number of aryl methyl sites for hydroxylation is 1. The van der Waals surface area contributed by atoms with Gasteiger partial charge < -0.3 is 5.32 Å². The van der Waals surface area contributed by atoms with Gasteiger partial charge in [-0.1, -0.05) is 11.6 Å². The molecule has 3 rings (SSSR count). The van der Waals surface area contributed by atoms with E-state index in [1.165, 1.54) is 6.07 Å². The second kappa shape index (κ2) is 9.33. The van der Waals surface area contributed by atoms with Gasteiger partial charge in [0.25, 0.3) is 5.56 Å². The van der Waals surface area contributed by atoms with Crippen LogP contribution in [0, 0.1) is 16.7 Å². The first-order chi connectivity index (χ1) is 15.1. The number of Topliss-reactive ketones (excluding diaryl/α,β-unsaturated/α-hetero) is 1. The number of nitrogens with one attached hydrogen (secondary N) is 1. The highest BCUT2D eigenvalue weighted by atomic mass is 35.5. The van der Waals surface area contributed by atoms with Gasteiger partial charge in [0, 0.05) is 48.6 Å². The summed E-state index contributed by atoms with van der Waals surface area (Å²) < 4.78 is 39.1. The quantitative estimate of drug-likeness (QED) is 0.576. The molecule has 0 radical (unpaired) electrons. The molecule has 1 aromatic carbocycles. The van der Waals surface area contributed by atoms with Crippen molar-refractivity contribution in [3.63, 3.8) is 0 Å². The van der Waals surface area contributed by atoms with E-state index in [1.807, 2.05) is 0 Å². The molecule has 6 nitrogen and oxygen atoms in total. The van der Waals surface area contributed by atoms with Crippen LogP contribution >= 0.6 is 11.6 Å². The van der Waals surface area contributed by atoms with E-state index in [0.29, 0.717) is 29.1 Å². The number of carbonyl (C=O) groups excluding carboxylic acids is 1. The highest BCUT2D eigenvalue weighted by Crippen LogP contribution is 2.48. The second-order valence-electron chi connectivity index (χ2n) is 8.00. The Labute approximate surface area is 188 Å². The van der Waals surface area contributed by atoms with Crippen molar-refractivity contribution in [2.75, 3.05) is 12.4 Å². The van der Waals surface area contributed by atoms with E-state index < -0.39 is 23.6 Å². The van der Waals surface area contributed by atoms with Gasteiger partial charge in [-0.3, -0.25) is 14.2 Å². The maximum Gasteiger partial charge on any atom is 0.389 e. The van der Waals surface area contributed by atoms with Crippen molar-refractivity contribution >= 4 is 23.1 Å². The van der Waals surface area contributed by atoms with Crippen LogP contribution in [0.15, 0.2) is 29.1 Å². The Hall–Kier alpha value is -2.86. The van der Waals surface area contributed by atoms with Gasteiger partial charge in [-0.2, -0.15) is 18.4 Å². The number of carbonyl (C=O) groups is 1. The molecule has 0 spiro atoms. The Morgan fingerprint density at radius 3 is 2.66 bits per heavy atom. The van der Waals surface area contributed by atoms with Gasteiger partial charge in [0.05, 0.1) is 23.7 Å². The summed E-state index contributed by atoms with van der Waals surface area (Å²) >= 11 is 6.02. The lowest BCUT2D eigenvalue weighted by Crippen LogP contribution is -2.29. The van der Waals surface area contributed by atoms with Crippen LogP contribution in [0.2, 0.25) is 5.02 Å². The lowest BCUT2D eigenvalue weighted by Gasteiger charge is -2.16. The standard InChI is InChI=1S/C22H22ClF3N4O2/c1-28-17-9-14(23)4-5-16(17)18-10-20(32)30(12-15(31)11-21(13-27)7-8-21)19(29-18)3-2-6-22(24,25)26/h4-5,9-10,28H,2-3,6-8,11-12H2,1H3. The van der Waals surface area contributed by atoms with E-state index in [9.17, 15) is 28.0 Å². The fourth-order valence-corrected chi connectivity index (χ4v) is 3.71. The molecule has 1 heterocycles. The average molecular weight is 467 g/mol. The predicted molar refractivity (Wildman–Crippen MR) is 114 cm³/mol. The predicted octanol–water partition coefficient (Wildman–Crippen LogP) is 4.75. The lowest BCUT2D eigenvalue weighted by atomic mass is 10.0. The molecule has 0 saturated heterocycles. The molecule has 0 atom stereocenters. The fraction of sp³-hybridized carbons (Fsp3) is 0.455. The third-order valence-corrected chi connectivity index (χ3v) is 5.67. The normalized spacial score (nSPS) is 14.6. The zero-order chi connectivity index (χ0) is 23.5. The molecule has 0 bridgehead atoms. The van der Waals surface area contributed by atoms with Crippen molar-refractivity contribution < 1.29 is 18.0 Å². The van der Waals surface area contributed by atoms with Gasteiger partial charge >= 0.3 is 6.18 Å². The van der Waals surface area contributed by atoms with Crippen LogP contribution in [-0.4, -0.2) is 28.6 Å². The summed E-state index contributed by atoms with van der Waals surface area (Å²) in [5.74, 6) is -0.218. The van der Waals surface area contributed by atoms with Crippen LogP contribution in [-0.2, 0) is 17.8 Å². The topological polar surface area (TPSA) is 87.8 Å². The number of alkyl halides is 3. The number of nitriles is 1. The van der Waals surface area contributed by atoms with Crippen molar-refractivity contribution in [3.05, 3.63) is 45.5 Å². The zero-order valence-corrected chi connectivity index (χ0v) is 18.2. The second-order valence-corrected chi connectivity index (χ2v) is 8.43. The Morgan fingerprint density at radius 2 is 2.06 bits per heavy atom. The molecule has 1 N–H and O–H groups in total. The minimum atomic E-state index is -4.33. The highest BCUT2D eigenvalue weighted by Gasteiger charge is 2.44. The molecule has 1 aliphatic rings. The molecule has 0 amide bonds. The van der Waals surface area contributed by atoms with Crippen molar-refractivity contribution in [2.45, 2.75) is 51.2 Å². The first-order valence-electron chi connectivity index (χ1n) is 10.1. The molecular formula is C22H22ClF3N4O2. The molecule has 10 heteroatoms. The molecular weight excluding hydrogens is 445 g/mol. The number of benzene rings is 1. The summed E-state index contributed by atoms with van der Waals surface area (Å²) in [5, 5.41) is 12.6. The Morgan fingerprint density at radius 1 is 1.34 bits per heavy atom. The summed E-state index contributed by atoms with van der Waals surface area (Å²) in [5.41, 5.74) is 0.229. The van der Waals surface area contributed by atoms with Crippen LogP contribution in [0.1, 0.15) is 37.9 Å². The monoisotopic (exact) mass is 466 g/mol. The van der Waals surface area contributed by atoms with Gasteiger partial charge in [0.15, 0.2) is 5.78 Å². The average Bonchev–Trinajstić information content (AvgIpc) is 3.49. The summed E-state index contributed by atoms with van der Waals surface area (Å²) in [6.07, 6.45) is -4.48. The van der Waals surface area contributed by atoms with E-state index in [-0.39, 0.29) is 43.1 Å². The van der Waals surface area contributed by atoms with E-state index in [0.717, 1.165) is 4.57 Å². The number of aromatic nitrogens is 2. The number of nitrogens with zero attached hydrogens (tertiary/aromatic N) is 3. The Kier molecular flexibility index (Phi) is 6.94. The van der Waals surface area contributed by atoms with E-state index in [1.54, 1.807) is 25.2 Å².